The molecule has 0 bridgehead atoms. The lowest BCUT2D eigenvalue weighted by Gasteiger charge is -1.99. The first-order chi connectivity index (χ1) is 7.65. The summed E-state index contributed by atoms with van der Waals surface area (Å²) in [5.41, 5.74) is 0.288. The molecule has 0 fully saturated rings. The fourth-order valence-corrected chi connectivity index (χ4v) is 1.24. The number of tetrazole rings is 1. The summed E-state index contributed by atoms with van der Waals surface area (Å²) in [7, 11) is 1.61. The highest BCUT2D eigenvalue weighted by atomic mass is 79.9. The number of aromatic nitrogens is 5. The van der Waals surface area contributed by atoms with Crippen LogP contribution in [0.5, 0.6) is 0 Å². The Hall–Kier alpha value is -1.83. The molecule has 0 atom stereocenters. The van der Waals surface area contributed by atoms with Crippen molar-refractivity contribution >= 4 is 27.8 Å². The Morgan fingerprint density at radius 3 is 2.88 bits per heavy atom. The third-order valence-corrected chi connectivity index (χ3v) is 2.16. The van der Waals surface area contributed by atoms with Gasteiger partial charge in [0.05, 0.1) is 7.05 Å². The van der Waals surface area contributed by atoms with Crippen molar-refractivity contribution in [1.82, 2.24) is 25.2 Å². The predicted molar refractivity (Wildman–Crippen MR) is 58.7 cm³/mol. The summed E-state index contributed by atoms with van der Waals surface area (Å²) >= 11 is 3.23. The zero-order chi connectivity index (χ0) is 11.5. The van der Waals surface area contributed by atoms with E-state index < -0.39 is 0 Å². The second kappa shape index (κ2) is 4.35. The molecule has 1 N–H and O–H groups in total. The molecule has 2 aromatic rings. The zero-order valence-corrected chi connectivity index (χ0v) is 9.84. The van der Waals surface area contributed by atoms with Gasteiger partial charge in [-0.15, -0.1) is 5.10 Å². The van der Waals surface area contributed by atoms with E-state index in [9.17, 15) is 4.79 Å². The number of hydrogen-bond acceptors (Lipinski definition) is 5. The van der Waals surface area contributed by atoms with Crippen LogP contribution in [0, 0.1) is 0 Å². The van der Waals surface area contributed by atoms with Crippen LogP contribution in [-0.2, 0) is 7.05 Å². The van der Waals surface area contributed by atoms with E-state index in [1.807, 2.05) is 0 Å². The highest BCUT2D eigenvalue weighted by molar-refractivity contribution is 9.10. The molecule has 0 saturated carbocycles. The predicted octanol–water partition coefficient (Wildman–Crippen LogP) is 0.620. The van der Waals surface area contributed by atoms with E-state index in [1.54, 1.807) is 25.4 Å². The molecule has 0 saturated heterocycles. The van der Waals surface area contributed by atoms with Crippen molar-refractivity contribution in [3.05, 3.63) is 28.5 Å². The van der Waals surface area contributed by atoms with E-state index in [0.717, 1.165) is 4.47 Å². The van der Waals surface area contributed by atoms with Crippen LogP contribution < -0.4 is 5.32 Å². The van der Waals surface area contributed by atoms with Crippen LogP contribution in [0.4, 0.5) is 5.95 Å². The highest BCUT2D eigenvalue weighted by Gasteiger charge is 2.10. The molecule has 0 aliphatic rings. The lowest BCUT2D eigenvalue weighted by Crippen LogP contribution is -2.14. The SMILES string of the molecule is Cn1nnc(NC(=O)c2ccc(Br)cn2)n1. The average Bonchev–Trinajstić information content (AvgIpc) is 2.65. The van der Waals surface area contributed by atoms with Gasteiger partial charge in [-0.3, -0.25) is 10.1 Å². The van der Waals surface area contributed by atoms with Crippen molar-refractivity contribution in [1.29, 1.82) is 0 Å². The summed E-state index contributed by atoms with van der Waals surface area (Å²) in [6, 6.07) is 3.32. The van der Waals surface area contributed by atoms with Crippen molar-refractivity contribution in [3.63, 3.8) is 0 Å². The van der Waals surface area contributed by atoms with Gasteiger partial charge in [-0.05, 0) is 33.3 Å². The van der Waals surface area contributed by atoms with E-state index in [0.29, 0.717) is 0 Å². The van der Waals surface area contributed by atoms with Crippen molar-refractivity contribution in [2.75, 3.05) is 5.32 Å². The van der Waals surface area contributed by atoms with Crippen LogP contribution >= 0.6 is 15.9 Å². The molecule has 0 aromatic carbocycles. The largest absolute Gasteiger partial charge is 0.286 e. The number of carbonyl (C=O) groups is 1. The van der Waals surface area contributed by atoms with Gasteiger partial charge in [-0.1, -0.05) is 5.10 Å². The molecular weight excluding hydrogens is 276 g/mol. The van der Waals surface area contributed by atoms with Gasteiger partial charge in [0.2, 0.25) is 0 Å². The first-order valence-electron chi connectivity index (χ1n) is 4.32. The summed E-state index contributed by atoms with van der Waals surface area (Å²) in [6.45, 7) is 0. The molecule has 7 nitrogen and oxygen atoms in total. The Morgan fingerprint density at radius 1 is 1.50 bits per heavy atom. The first-order valence-corrected chi connectivity index (χ1v) is 5.11. The summed E-state index contributed by atoms with van der Waals surface area (Å²) in [6.07, 6.45) is 1.54. The second-order valence-electron chi connectivity index (χ2n) is 2.92. The van der Waals surface area contributed by atoms with Gasteiger partial charge in [0, 0.05) is 10.7 Å². The van der Waals surface area contributed by atoms with Crippen LogP contribution in [-0.4, -0.2) is 31.1 Å². The lowest BCUT2D eigenvalue weighted by molar-refractivity contribution is 0.102. The first kappa shape index (κ1) is 10.7. The van der Waals surface area contributed by atoms with Gasteiger partial charge < -0.3 is 0 Å². The molecule has 16 heavy (non-hydrogen) atoms. The number of carbonyl (C=O) groups excluding carboxylic acids is 1. The van der Waals surface area contributed by atoms with E-state index in [2.05, 4.69) is 41.6 Å². The van der Waals surface area contributed by atoms with Crippen molar-refractivity contribution < 1.29 is 4.79 Å². The highest BCUT2D eigenvalue weighted by Crippen LogP contribution is 2.08. The topological polar surface area (TPSA) is 85.6 Å². The number of anilines is 1. The number of halogens is 1. The van der Waals surface area contributed by atoms with Crippen LogP contribution in [0.25, 0.3) is 0 Å². The summed E-state index contributed by atoms with van der Waals surface area (Å²) in [5, 5.41) is 13.5. The summed E-state index contributed by atoms with van der Waals surface area (Å²) < 4.78 is 0.807. The Balaban J connectivity index is 2.11. The molecule has 0 unspecified atom stereocenters. The Labute approximate surface area is 99.0 Å². The number of nitrogens with zero attached hydrogens (tertiary/aromatic N) is 5. The fourth-order valence-electron chi connectivity index (χ4n) is 1.01. The number of nitrogens with one attached hydrogen (secondary N) is 1. The van der Waals surface area contributed by atoms with Gasteiger partial charge in [-0.2, -0.15) is 4.80 Å². The lowest BCUT2D eigenvalue weighted by atomic mass is 10.3. The average molecular weight is 283 g/mol. The molecule has 8 heteroatoms. The van der Waals surface area contributed by atoms with E-state index in [1.165, 1.54) is 4.80 Å². The number of rotatable bonds is 2. The van der Waals surface area contributed by atoms with Gasteiger partial charge >= 0.3 is 0 Å². The third-order valence-electron chi connectivity index (χ3n) is 1.69. The van der Waals surface area contributed by atoms with Crippen LogP contribution in [0.15, 0.2) is 22.8 Å². The van der Waals surface area contributed by atoms with E-state index in [-0.39, 0.29) is 17.5 Å². The Bertz CT molecular complexity index is 508. The van der Waals surface area contributed by atoms with Crippen LogP contribution in [0.3, 0.4) is 0 Å². The minimum absolute atomic E-state index is 0.150. The number of amides is 1. The zero-order valence-electron chi connectivity index (χ0n) is 8.25. The molecule has 0 radical (unpaired) electrons. The molecule has 2 heterocycles. The number of aryl methyl sites for hydroxylation is 1. The molecule has 0 aliphatic heterocycles. The maximum atomic E-state index is 11.6. The molecule has 2 rings (SSSR count). The van der Waals surface area contributed by atoms with Gasteiger partial charge in [0.1, 0.15) is 5.69 Å². The van der Waals surface area contributed by atoms with Crippen LogP contribution in [0.1, 0.15) is 10.5 Å². The smallest absolute Gasteiger partial charge is 0.276 e. The molecular formula is C8H7BrN6O. The fraction of sp³-hybridized carbons (Fsp3) is 0.125. The van der Waals surface area contributed by atoms with E-state index in [4.69, 9.17) is 0 Å². The quantitative estimate of drug-likeness (QED) is 0.873. The standard InChI is InChI=1S/C8H7BrN6O/c1-15-13-8(12-14-15)11-7(16)6-3-2-5(9)4-10-6/h2-4H,1H3,(H,11,13,16). The molecule has 1 amide bonds. The Kier molecular flexibility index (Phi) is 2.91. The monoisotopic (exact) mass is 282 g/mol. The Morgan fingerprint density at radius 2 is 2.31 bits per heavy atom. The molecule has 82 valence electrons. The van der Waals surface area contributed by atoms with Crippen molar-refractivity contribution in [3.8, 4) is 0 Å². The van der Waals surface area contributed by atoms with Gasteiger partial charge in [-0.25, -0.2) is 4.98 Å². The minimum atomic E-state index is -0.375. The van der Waals surface area contributed by atoms with Crippen molar-refractivity contribution in [2.45, 2.75) is 0 Å². The number of pyridine rings is 1. The second-order valence-corrected chi connectivity index (χ2v) is 3.83. The molecule has 2 aromatic heterocycles. The summed E-state index contributed by atoms with van der Waals surface area (Å²) in [5.74, 6) is -0.224. The normalized spacial score (nSPS) is 10.1. The van der Waals surface area contributed by atoms with Gasteiger partial charge in [0.15, 0.2) is 0 Å². The maximum Gasteiger partial charge on any atom is 0.276 e. The molecule has 0 spiro atoms. The van der Waals surface area contributed by atoms with E-state index >= 15 is 0 Å². The molecule has 0 aliphatic carbocycles. The number of hydrogen-bond donors (Lipinski definition) is 1. The third kappa shape index (κ3) is 2.40. The van der Waals surface area contributed by atoms with Gasteiger partial charge in [0.25, 0.3) is 11.9 Å². The maximum absolute atomic E-state index is 11.6. The van der Waals surface area contributed by atoms with Crippen molar-refractivity contribution in [2.24, 2.45) is 7.05 Å². The minimum Gasteiger partial charge on any atom is -0.286 e. The summed E-state index contributed by atoms with van der Waals surface area (Å²) in [4.78, 5) is 16.8. The van der Waals surface area contributed by atoms with Crippen LogP contribution in [0.2, 0.25) is 0 Å².